The second-order valence-corrected chi connectivity index (χ2v) is 8.89. The van der Waals surface area contributed by atoms with Gasteiger partial charge < -0.3 is 4.90 Å². The van der Waals surface area contributed by atoms with Crippen molar-refractivity contribution in [3.63, 3.8) is 0 Å². The van der Waals surface area contributed by atoms with Crippen LogP contribution in [0.3, 0.4) is 0 Å². The summed E-state index contributed by atoms with van der Waals surface area (Å²) in [6.45, 7) is 2.31. The second kappa shape index (κ2) is 7.12. The van der Waals surface area contributed by atoms with Crippen molar-refractivity contribution in [2.24, 2.45) is 0 Å². The average Bonchev–Trinajstić information content (AvgIpc) is 3.12. The molecule has 3 rings (SSSR count). The maximum absolute atomic E-state index is 12.8. The molecule has 1 aliphatic heterocycles. The smallest absolute Gasteiger partial charge is 0.227 e. The van der Waals surface area contributed by atoms with Gasteiger partial charge in [0.25, 0.3) is 0 Å². The van der Waals surface area contributed by atoms with Gasteiger partial charge in [0.15, 0.2) is 15.6 Å². The minimum Gasteiger partial charge on any atom is -0.339 e. The van der Waals surface area contributed by atoms with Gasteiger partial charge in [-0.05, 0) is 30.9 Å². The molecule has 1 aromatic rings. The van der Waals surface area contributed by atoms with Crippen molar-refractivity contribution in [3.05, 3.63) is 41.5 Å². The van der Waals surface area contributed by atoms with Crippen LogP contribution in [0.2, 0.25) is 0 Å². The minimum atomic E-state index is -3.05. The summed E-state index contributed by atoms with van der Waals surface area (Å²) in [5, 5.41) is 0. The first-order valence-corrected chi connectivity index (χ1v) is 10.5. The van der Waals surface area contributed by atoms with Crippen LogP contribution in [-0.2, 0) is 19.4 Å². The molecular weight excluding hydrogens is 338 g/mol. The first-order chi connectivity index (χ1) is 11.9. The van der Waals surface area contributed by atoms with E-state index in [1.54, 1.807) is 4.90 Å². The Bertz CT molecular complexity index is 811. The van der Waals surface area contributed by atoms with E-state index in [0.717, 1.165) is 11.1 Å². The number of carbonyl (C=O) groups is 2. The van der Waals surface area contributed by atoms with Crippen LogP contribution in [0.25, 0.3) is 5.57 Å². The zero-order valence-corrected chi connectivity index (χ0v) is 15.2. The lowest BCUT2D eigenvalue weighted by Gasteiger charge is -2.27. The molecule has 0 bridgehead atoms. The lowest BCUT2D eigenvalue weighted by Crippen LogP contribution is -2.41. The van der Waals surface area contributed by atoms with E-state index in [4.69, 9.17) is 0 Å². The number of amides is 1. The van der Waals surface area contributed by atoms with E-state index in [9.17, 15) is 18.0 Å². The Morgan fingerprint density at radius 3 is 2.52 bits per heavy atom. The number of sulfone groups is 1. The van der Waals surface area contributed by atoms with Crippen LogP contribution in [-0.4, -0.2) is 49.1 Å². The maximum atomic E-state index is 12.8. The predicted molar refractivity (Wildman–Crippen MR) is 96.7 cm³/mol. The molecule has 1 heterocycles. The fourth-order valence-electron chi connectivity index (χ4n) is 3.78. The molecule has 1 fully saturated rings. The number of nitrogens with zero attached hydrogens (tertiary/aromatic N) is 1. The van der Waals surface area contributed by atoms with Crippen LogP contribution in [0, 0.1) is 0 Å². The summed E-state index contributed by atoms with van der Waals surface area (Å²) in [6, 6.07) is 9.42. The summed E-state index contributed by atoms with van der Waals surface area (Å²) in [7, 11) is -3.05. The first-order valence-electron chi connectivity index (χ1n) is 8.72. The quantitative estimate of drug-likeness (QED) is 0.806. The Morgan fingerprint density at radius 1 is 1.20 bits per heavy atom. The number of hydrogen-bond donors (Lipinski definition) is 0. The third-order valence-electron chi connectivity index (χ3n) is 5.06. The van der Waals surface area contributed by atoms with Crippen molar-refractivity contribution >= 4 is 27.1 Å². The molecule has 6 heteroatoms. The van der Waals surface area contributed by atoms with Gasteiger partial charge >= 0.3 is 0 Å². The van der Waals surface area contributed by atoms with E-state index in [1.165, 1.54) is 0 Å². The van der Waals surface area contributed by atoms with E-state index in [0.29, 0.717) is 31.4 Å². The summed E-state index contributed by atoms with van der Waals surface area (Å²) < 4.78 is 23.4. The van der Waals surface area contributed by atoms with Crippen LogP contribution >= 0.6 is 0 Å². The molecule has 0 aromatic heterocycles. The molecule has 1 saturated heterocycles. The number of hydrogen-bond acceptors (Lipinski definition) is 4. The molecule has 0 unspecified atom stereocenters. The van der Waals surface area contributed by atoms with Crippen LogP contribution in [0.1, 0.15) is 38.2 Å². The Labute approximate surface area is 148 Å². The molecule has 1 aromatic carbocycles. The molecule has 2 aliphatic rings. The summed E-state index contributed by atoms with van der Waals surface area (Å²) in [6.07, 6.45) is 1.65. The zero-order valence-electron chi connectivity index (χ0n) is 14.4. The molecule has 0 spiro atoms. The van der Waals surface area contributed by atoms with Gasteiger partial charge in [-0.2, -0.15) is 0 Å². The predicted octanol–water partition coefficient (Wildman–Crippen LogP) is 2.23. The number of carbonyl (C=O) groups excluding carboxylic acids is 2. The van der Waals surface area contributed by atoms with Gasteiger partial charge in [-0.3, -0.25) is 9.59 Å². The maximum Gasteiger partial charge on any atom is 0.227 e. The van der Waals surface area contributed by atoms with Crippen LogP contribution in [0.5, 0.6) is 0 Å². The van der Waals surface area contributed by atoms with Crippen LogP contribution < -0.4 is 0 Å². The number of rotatable bonds is 5. The Hall–Kier alpha value is -1.95. The van der Waals surface area contributed by atoms with Gasteiger partial charge in [0.1, 0.15) is 0 Å². The monoisotopic (exact) mass is 361 g/mol. The topological polar surface area (TPSA) is 71.5 Å². The highest BCUT2D eigenvalue weighted by atomic mass is 32.2. The van der Waals surface area contributed by atoms with Gasteiger partial charge in [0.05, 0.1) is 17.9 Å². The number of ketones is 1. The zero-order chi connectivity index (χ0) is 18.0. The standard InChI is InChI=1S/C19H23NO4S/c1-2-20(15-10-11-25(23,24)13-15)19(22)12-17-16(8-9-18(17)21)14-6-4-3-5-7-14/h3-7,15H,2,8-13H2,1H3/t15-/m1/s1. The van der Waals surface area contributed by atoms with E-state index in [2.05, 4.69) is 0 Å². The lowest BCUT2D eigenvalue weighted by molar-refractivity contribution is -0.132. The third-order valence-corrected chi connectivity index (χ3v) is 6.81. The minimum absolute atomic E-state index is 0.0299. The van der Waals surface area contributed by atoms with E-state index >= 15 is 0 Å². The molecule has 134 valence electrons. The highest BCUT2D eigenvalue weighted by Crippen LogP contribution is 2.34. The fraction of sp³-hybridized carbons (Fsp3) is 0.474. The lowest BCUT2D eigenvalue weighted by atomic mass is 9.99. The summed E-state index contributed by atoms with van der Waals surface area (Å²) in [4.78, 5) is 26.7. The molecule has 1 amide bonds. The molecule has 1 atom stereocenters. The summed E-state index contributed by atoms with van der Waals surface area (Å²) >= 11 is 0. The van der Waals surface area contributed by atoms with Gasteiger partial charge in [0, 0.05) is 24.6 Å². The van der Waals surface area contributed by atoms with Crippen molar-refractivity contribution in [2.45, 2.75) is 38.6 Å². The number of benzene rings is 1. The average molecular weight is 361 g/mol. The van der Waals surface area contributed by atoms with Gasteiger partial charge in [-0.15, -0.1) is 0 Å². The van der Waals surface area contributed by atoms with Crippen LogP contribution in [0.4, 0.5) is 0 Å². The third kappa shape index (κ3) is 3.84. The van der Waals surface area contributed by atoms with Gasteiger partial charge in [0.2, 0.25) is 5.91 Å². The number of allylic oxidation sites excluding steroid dienone is 1. The Morgan fingerprint density at radius 2 is 1.92 bits per heavy atom. The number of Topliss-reactive ketones (excluding diaryl/α,β-unsaturated/α-hetero) is 1. The largest absolute Gasteiger partial charge is 0.339 e. The summed E-state index contributed by atoms with van der Waals surface area (Å²) in [5.41, 5.74) is 2.53. The second-order valence-electron chi connectivity index (χ2n) is 6.66. The Kier molecular flexibility index (Phi) is 5.08. The van der Waals surface area contributed by atoms with Crippen molar-refractivity contribution in [3.8, 4) is 0 Å². The van der Waals surface area contributed by atoms with E-state index in [-0.39, 0.29) is 35.7 Å². The van der Waals surface area contributed by atoms with E-state index in [1.807, 2.05) is 37.3 Å². The molecule has 5 nitrogen and oxygen atoms in total. The van der Waals surface area contributed by atoms with Gasteiger partial charge in [-0.25, -0.2) is 8.42 Å². The first kappa shape index (κ1) is 17.9. The van der Waals surface area contributed by atoms with Crippen molar-refractivity contribution < 1.29 is 18.0 Å². The normalized spacial score (nSPS) is 22.4. The molecular formula is C19H23NO4S. The highest BCUT2D eigenvalue weighted by Gasteiger charge is 2.35. The molecule has 0 N–H and O–H groups in total. The molecule has 0 saturated carbocycles. The summed E-state index contributed by atoms with van der Waals surface area (Å²) in [5.74, 6) is 0.0503. The highest BCUT2D eigenvalue weighted by molar-refractivity contribution is 7.91. The molecule has 1 aliphatic carbocycles. The van der Waals surface area contributed by atoms with E-state index < -0.39 is 9.84 Å². The fourth-order valence-corrected chi connectivity index (χ4v) is 5.51. The molecule has 0 radical (unpaired) electrons. The van der Waals surface area contributed by atoms with Crippen LogP contribution in [0.15, 0.2) is 35.9 Å². The van der Waals surface area contributed by atoms with Crippen molar-refractivity contribution in [1.29, 1.82) is 0 Å². The van der Waals surface area contributed by atoms with Gasteiger partial charge in [-0.1, -0.05) is 30.3 Å². The SMILES string of the molecule is CCN(C(=O)CC1=C(c2ccccc2)CCC1=O)[C@@H]1CCS(=O)(=O)C1. The van der Waals surface area contributed by atoms with Crippen molar-refractivity contribution in [1.82, 2.24) is 4.90 Å². The Balaban J connectivity index is 1.81. The van der Waals surface area contributed by atoms with Crippen molar-refractivity contribution in [2.75, 3.05) is 18.1 Å². The molecule has 25 heavy (non-hydrogen) atoms.